The van der Waals surface area contributed by atoms with Crippen molar-refractivity contribution in [2.24, 2.45) is 0 Å². The van der Waals surface area contributed by atoms with Gasteiger partial charge in [-0.3, -0.25) is 9.59 Å². The Hall–Kier alpha value is -2.45. The standard InChI is InChI=1S/C42H75NO7/c1-6-8-10-12-14-16-18-20-21-23-24-26-28-30-32-40(44)49-37-38(36-48-35-34-39(42(46)47)43(3,4)5)50-41(45)33-31-29-27-25-22-19-17-15-13-11-9-7-2/h8,10,14,16,20-21,38-39H,6-7,9,11-13,15,17-19,22-37H2,1-5H3/b10-8+,16-14+,21-20+. The minimum absolute atomic E-state index is 0.0353. The summed E-state index contributed by atoms with van der Waals surface area (Å²) in [6, 6.07) is -0.726. The Morgan fingerprint density at radius 2 is 1.12 bits per heavy atom. The van der Waals surface area contributed by atoms with Crippen LogP contribution in [-0.4, -0.2) is 75.5 Å². The van der Waals surface area contributed by atoms with Gasteiger partial charge in [-0.1, -0.05) is 134 Å². The number of allylic oxidation sites excluding steroid dienone is 6. The first-order chi connectivity index (χ1) is 24.1. The van der Waals surface area contributed by atoms with Gasteiger partial charge in [-0.25, -0.2) is 0 Å². The summed E-state index contributed by atoms with van der Waals surface area (Å²) in [5, 5.41) is 11.6. The molecule has 8 heteroatoms. The second-order valence-electron chi connectivity index (χ2n) is 14.5. The van der Waals surface area contributed by atoms with Crippen molar-refractivity contribution < 1.29 is 38.2 Å². The van der Waals surface area contributed by atoms with Crippen LogP contribution >= 0.6 is 0 Å². The number of likely N-dealkylation sites (N-methyl/N-ethyl adjacent to an activating group) is 1. The van der Waals surface area contributed by atoms with Crippen molar-refractivity contribution >= 4 is 17.9 Å². The molecule has 0 bridgehead atoms. The van der Waals surface area contributed by atoms with E-state index in [0.29, 0.717) is 12.8 Å². The Morgan fingerprint density at radius 3 is 1.66 bits per heavy atom. The van der Waals surface area contributed by atoms with E-state index < -0.39 is 18.1 Å². The lowest BCUT2D eigenvalue weighted by Crippen LogP contribution is -2.55. The maximum atomic E-state index is 12.6. The number of carboxylic acids is 1. The number of hydrogen-bond acceptors (Lipinski definition) is 7. The molecule has 0 rings (SSSR count). The van der Waals surface area contributed by atoms with E-state index in [0.717, 1.165) is 70.6 Å². The maximum absolute atomic E-state index is 12.6. The second-order valence-corrected chi connectivity index (χ2v) is 14.5. The molecular formula is C42H75NO7. The van der Waals surface area contributed by atoms with Crippen molar-refractivity contribution in [2.75, 3.05) is 41.0 Å². The van der Waals surface area contributed by atoms with Gasteiger partial charge in [-0.2, -0.15) is 0 Å². The van der Waals surface area contributed by atoms with Gasteiger partial charge in [-0.05, 0) is 44.9 Å². The summed E-state index contributed by atoms with van der Waals surface area (Å²) in [5.41, 5.74) is 0. The van der Waals surface area contributed by atoms with E-state index in [1.54, 1.807) is 21.1 Å². The van der Waals surface area contributed by atoms with Gasteiger partial charge in [0.25, 0.3) is 0 Å². The van der Waals surface area contributed by atoms with Crippen LogP contribution in [0.4, 0.5) is 0 Å². The Morgan fingerprint density at radius 1 is 0.620 bits per heavy atom. The Kier molecular flexibility index (Phi) is 32.0. The fourth-order valence-electron chi connectivity index (χ4n) is 5.67. The third kappa shape index (κ3) is 31.5. The van der Waals surface area contributed by atoms with Crippen molar-refractivity contribution in [3.63, 3.8) is 0 Å². The number of unbranched alkanes of at least 4 members (excludes halogenated alkanes) is 15. The smallest absolute Gasteiger partial charge is 0.306 e. The molecule has 0 aromatic carbocycles. The fraction of sp³-hybridized carbons (Fsp3) is 0.786. The van der Waals surface area contributed by atoms with Crippen molar-refractivity contribution in [2.45, 2.75) is 174 Å². The highest BCUT2D eigenvalue weighted by atomic mass is 16.6. The summed E-state index contributed by atoms with van der Waals surface area (Å²) in [4.78, 5) is 36.7. The minimum Gasteiger partial charge on any atom is -0.544 e. The average Bonchev–Trinajstić information content (AvgIpc) is 3.06. The highest BCUT2D eigenvalue weighted by Crippen LogP contribution is 2.14. The van der Waals surface area contributed by atoms with Crippen LogP contribution in [0.25, 0.3) is 0 Å². The average molecular weight is 706 g/mol. The molecule has 0 aromatic heterocycles. The predicted octanol–water partition coefficient (Wildman–Crippen LogP) is 8.96. The van der Waals surface area contributed by atoms with Crippen LogP contribution < -0.4 is 5.11 Å². The number of nitrogens with zero attached hydrogens (tertiary/aromatic N) is 1. The van der Waals surface area contributed by atoms with Crippen LogP contribution in [0.5, 0.6) is 0 Å². The second kappa shape index (κ2) is 33.7. The Bertz CT molecular complexity index is 922. The van der Waals surface area contributed by atoms with Gasteiger partial charge >= 0.3 is 11.9 Å². The number of carbonyl (C=O) groups is 3. The number of carbonyl (C=O) groups excluding carboxylic acids is 3. The molecule has 0 aliphatic heterocycles. The van der Waals surface area contributed by atoms with E-state index in [1.165, 1.54) is 57.8 Å². The van der Waals surface area contributed by atoms with E-state index >= 15 is 0 Å². The topological polar surface area (TPSA) is 102 Å². The molecule has 0 fully saturated rings. The summed E-state index contributed by atoms with van der Waals surface area (Å²) in [6.07, 6.45) is 35.9. The van der Waals surface area contributed by atoms with E-state index in [2.05, 4.69) is 50.3 Å². The van der Waals surface area contributed by atoms with Gasteiger partial charge in [-0.15, -0.1) is 0 Å². The molecule has 0 heterocycles. The number of aliphatic carboxylic acids is 1. The van der Waals surface area contributed by atoms with Crippen molar-refractivity contribution in [3.8, 4) is 0 Å². The Labute approximate surface area is 306 Å². The molecule has 2 atom stereocenters. The zero-order valence-corrected chi connectivity index (χ0v) is 32.8. The number of ether oxygens (including phenoxy) is 3. The number of rotatable bonds is 35. The highest BCUT2D eigenvalue weighted by molar-refractivity contribution is 5.70. The minimum atomic E-state index is -1.13. The van der Waals surface area contributed by atoms with Crippen LogP contribution in [0.1, 0.15) is 162 Å². The summed E-state index contributed by atoms with van der Waals surface area (Å²) >= 11 is 0. The van der Waals surface area contributed by atoms with Crippen molar-refractivity contribution in [1.82, 2.24) is 0 Å². The molecule has 0 spiro atoms. The van der Waals surface area contributed by atoms with Gasteiger partial charge in [0.15, 0.2) is 6.10 Å². The molecule has 50 heavy (non-hydrogen) atoms. The predicted molar refractivity (Wildman–Crippen MR) is 203 cm³/mol. The van der Waals surface area contributed by atoms with Gasteiger partial charge < -0.3 is 28.6 Å². The quantitative estimate of drug-likeness (QED) is 0.0281. The first-order valence-corrected chi connectivity index (χ1v) is 20.0. The molecule has 0 amide bonds. The molecule has 290 valence electrons. The lowest BCUT2D eigenvalue weighted by atomic mass is 10.0. The molecule has 8 nitrogen and oxygen atoms in total. The molecule has 0 aromatic rings. The number of hydrogen-bond donors (Lipinski definition) is 0. The summed E-state index contributed by atoms with van der Waals surface area (Å²) in [5.74, 6) is -1.76. The number of esters is 2. The van der Waals surface area contributed by atoms with Crippen LogP contribution in [0.15, 0.2) is 36.5 Å². The third-order valence-corrected chi connectivity index (χ3v) is 8.79. The molecular weight excluding hydrogens is 630 g/mol. The van der Waals surface area contributed by atoms with E-state index in [-0.39, 0.29) is 42.7 Å². The van der Waals surface area contributed by atoms with Gasteiger partial charge in [0.2, 0.25) is 0 Å². The number of quaternary nitrogens is 1. The molecule has 0 aliphatic rings. The molecule has 0 saturated carbocycles. The highest BCUT2D eigenvalue weighted by Gasteiger charge is 2.25. The van der Waals surface area contributed by atoms with Gasteiger partial charge in [0, 0.05) is 19.3 Å². The molecule has 0 radical (unpaired) electrons. The molecule has 0 N–H and O–H groups in total. The normalized spacial score (nSPS) is 13.4. The van der Waals surface area contributed by atoms with Crippen LogP contribution in [-0.2, 0) is 28.6 Å². The van der Waals surface area contributed by atoms with E-state index in [4.69, 9.17) is 14.2 Å². The van der Waals surface area contributed by atoms with Crippen LogP contribution in [0.3, 0.4) is 0 Å². The van der Waals surface area contributed by atoms with Crippen LogP contribution in [0.2, 0.25) is 0 Å². The maximum Gasteiger partial charge on any atom is 0.306 e. The zero-order chi connectivity index (χ0) is 37.1. The number of carboxylic acid groups (broad SMARTS) is 1. The largest absolute Gasteiger partial charge is 0.544 e. The van der Waals surface area contributed by atoms with Crippen molar-refractivity contribution in [3.05, 3.63) is 36.5 Å². The first kappa shape index (κ1) is 47.5. The molecule has 0 saturated heterocycles. The van der Waals surface area contributed by atoms with Gasteiger partial charge in [0.05, 0.1) is 40.3 Å². The van der Waals surface area contributed by atoms with E-state index in [1.807, 2.05) is 0 Å². The first-order valence-electron chi connectivity index (χ1n) is 20.0. The third-order valence-electron chi connectivity index (χ3n) is 8.79. The van der Waals surface area contributed by atoms with E-state index in [9.17, 15) is 19.5 Å². The molecule has 2 unspecified atom stereocenters. The lowest BCUT2D eigenvalue weighted by molar-refractivity contribution is -0.889. The Balaban J connectivity index is 4.43. The van der Waals surface area contributed by atoms with Crippen LogP contribution in [0, 0.1) is 0 Å². The molecule has 0 aliphatic carbocycles. The lowest BCUT2D eigenvalue weighted by Gasteiger charge is -2.34. The van der Waals surface area contributed by atoms with Crippen molar-refractivity contribution in [1.29, 1.82) is 0 Å². The monoisotopic (exact) mass is 706 g/mol. The summed E-state index contributed by atoms with van der Waals surface area (Å²) in [6.45, 7) is 4.51. The van der Waals surface area contributed by atoms with Gasteiger partial charge in [0.1, 0.15) is 12.6 Å². The summed E-state index contributed by atoms with van der Waals surface area (Å²) < 4.78 is 17.1. The fourth-order valence-corrected chi connectivity index (χ4v) is 5.67. The SMILES string of the molecule is CC/C=C/C/C=C/C/C=C/CCCCCCC(=O)OCC(COCCC(C(=O)[O-])[N+](C)(C)C)OC(=O)CCCCCCCCCCCCCC. The summed E-state index contributed by atoms with van der Waals surface area (Å²) in [7, 11) is 5.39. The zero-order valence-electron chi connectivity index (χ0n) is 32.8.